The smallest absolute Gasteiger partial charge is 0.165 e. The Morgan fingerprint density at radius 1 is 0.389 bits per heavy atom. The van der Waals surface area contributed by atoms with E-state index in [9.17, 15) is 0 Å². The molecule has 0 fully saturated rings. The fraction of sp³-hybridized carbons (Fsp3) is 0. The van der Waals surface area contributed by atoms with Gasteiger partial charge in [0.05, 0.1) is 16.6 Å². The zero-order chi connectivity index (χ0) is 35.6. The molecule has 3 aromatic heterocycles. The number of hydrogen-bond donors (Lipinski definition) is 0. The van der Waals surface area contributed by atoms with E-state index >= 15 is 0 Å². The molecule has 0 atom stereocenters. The number of benzene rings is 8. The summed E-state index contributed by atoms with van der Waals surface area (Å²) >= 11 is 1.86. The average Bonchev–Trinajstić information content (AvgIpc) is 3.78. The average molecular weight is 706 g/mol. The van der Waals surface area contributed by atoms with Gasteiger partial charge in [0, 0.05) is 31.2 Å². The number of rotatable bonds is 5. The van der Waals surface area contributed by atoms with Crippen molar-refractivity contribution in [1.82, 2.24) is 14.5 Å². The Morgan fingerprint density at radius 3 is 1.76 bits per heavy atom. The van der Waals surface area contributed by atoms with Crippen molar-refractivity contribution in [2.24, 2.45) is 0 Å². The Kier molecular flexibility index (Phi) is 7.04. The second-order valence-corrected chi connectivity index (χ2v) is 14.9. The first-order valence-electron chi connectivity index (χ1n) is 18.2. The third-order valence-corrected chi connectivity index (χ3v) is 11.8. The summed E-state index contributed by atoms with van der Waals surface area (Å²) in [5, 5.41) is 3.68. The lowest BCUT2D eigenvalue weighted by Gasteiger charge is -2.12. The van der Waals surface area contributed by atoms with E-state index in [0.717, 1.165) is 49.9 Å². The van der Waals surface area contributed by atoms with E-state index in [2.05, 4.69) is 174 Å². The molecule has 0 aliphatic rings. The lowest BCUT2D eigenvalue weighted by molar-refractivity contribution is 1.14. The summed E-state index contributed by atoms with van der Waals surface area (Å²) in [6.07, 6.45) is 0. The van der Waals surface area contributed by atoms with Gasteiger partial charge in [-0.15, -0.1) is 11.3 Å². The minimum absolute atomic E-state index is 0.848. The van der Waals surface area contributed by atoms with Crippen molar-refractivity contribution >= 4 is 64.6 Å². The molecule has 3 nitrogen and oxygen atoms in total. The molecule has 4 heteroatoms. The van der Waals surface area contributed by atoms with Gasteiger partial charge < -0.3 is 0 Å². The van der Waals surface area contributed by atoms with Crippen LogP contribution < -0.4 is 0 Å². The number of hydrogen-bond acceptors (Lipinski definition) is 3. The second-order valence-electron chi connectivity index (χ2n) is 13.8. The molecule has 0 unspecified atom stereocenters. The first-order valence-corrected chi connectivity index (χ1v) is 19.1. The zero-order valence-corrected chi connectivity index (χ0v) is 30.0. The summed E-state index contributed by atoms with van der Waals surface area (Å²) in [5.41, 5.74) is 15.1. The van der Waals surface area contributed by atoms with Crippen LogP contribution in [0.15, 0.2) is 188 Å². The highest BCUT2D eigenvalue weighted by atomic mass is 32.1. The highest BCUT2D eigenvalue weighted by molar-refractivity contribution is 7.26. The van der Waals surface area contributed by atoms with Crippen molar-refractivity contribution in [3.8, 4) is 50.2 Å². The molecule has 11 aromatic rings. The Balaban J connectivity index is 1.13. The Hall–Kier alpha value is -6.88. The molecular weight excluding hydrogens is 675 g/mol. The quantitative estimate of drug-likeness (QED) is 0.178. The third kappa shape index (κ3) is 5.03. The molecule has 0 aliphatic heterocycles. The minimum atomic E-state index is 0.848. The van der Waals surface area contributed by atoms with Gasteiger partial charge in [-0.05, 0) is 105 Å². The van der Waals surface area contributed by atoms with Crippen LogP contribution in [0.25, 0.3) is 103 Å². The largest absolute Gasteiger partial charge is 0.293 e. The van der Waals surface area contributed by atoms with E-state index in [4.69, 9.17) is 9.97 Å². The Bertz CT molecular complexity index is 3150. The maximum Gasteiger partial charge on any atom is 0.165 e. The molecule has 0 spiro atoms. The normalized spacial score (nSPS) is 11.7. The van der Waals surface area contributed by atoms with Crippen LogP contribution in [0.4, 0.5) is 0 Å². The summed E-state index contributed by atoms with van der Waals surface area (Å²) in [7, 11) is 0. The van der Waals surface area contributed by atoms with Gasteiger partial charge in [-0.2, -0.15) is 0 Å². The molecule has 54 heavy (non-hydrogen) atoms. The summed E-state index contributed by atoms with van der Waals surface area (Å²) in [4.78, 5) is 10.6. The Morgan fingerprint density at radius 2 is 1.00 bits per heavy atom. The van der Waals surface area contributed by atoms with Crippen LogP contribution in [0, 0.1) is 0 Å². The van der Waals surface area contributed by atoms with Gasteiger partial charge in [-0.25, -0.2) is 9.97 Å². The van der Waals surface area contributed by atoms with E-state index in [1.54, 1.807) is 0 Å². The summed E-state index contributed by atoms with van der Waals surface area (Å²) in [6, 6.07) is 67.4. The predicted molar refractivity (Wildman–Crippen MR) is 229 cm³/mol. The van der Waals surface area contributed by atoms with Gasteiger partial charge in [0.1, 0.15) is 5.52 Å². The van der Waals surface area contributed by atoms with Crippen molar-refractivity contribution in [3.63, 3.8) is 0 Å². The molecule has 0 aliphatic carbocycles. The molecule has 0 bridgehead atoms. The van der Waals surface area contributed by atoms with Crippen molar-refractivity contribution in [1.29, 1.82) is 0 Å². The lowest BCUT2D eigenvalue weighted by Crippen LogP contribution is -1.97. The third-order valence-electron chi connectivity index (χ3n) is 10.6. The zero-order valence-electron chi connectivity index (χ0n) is 29.1. The van der Waals surface area contributed by atoms with Crippen molar-refractivity contribution in [2.75, 3.05) is 0 Å². The standard InChI is InChI=1S/C50H31N3S/c1-3-13-32(14-4-1)36-27-37(33-15-5-2-6-16-33)29-38(28-36)34-25-26-46-43(31-34)48-50(52-45-23-9-8-22-44(45)51-48)53(46)39-18-11-17-35(30-39)40-20-12-21-42-41-19-7-10-24-47(41)54-49(40)42/h1-31H. The maximum absolute atomic E-state index is 5.28. The highest BCUT2D eigenvalue weighted by Crippen LogP contribution is 2.42. The Labute approximate surface area is 316 Å². The molecule has 0 N–H and O–H groups in total. The maximum atomic E-state index is 5.28. The van der Waals surface area contributed by atoms with Crippen LogP contribution >= 0.6 is 11.3 Å². The molecule has 11 rings (SSSR count). The predicted octanol–water partition coefficient (Wildman–Crippen LogP) is 13.8. The van der Waals surface area contributed by atoms with Crippen molar-refractivity contribution < 1.29 is 0 Å². The van der Waals surface area contributed by atoms with E-state index in [0.29, 0.717) is 0 Å². The topological polar surface area (TPSA) is 30.7 Å². The van der Waals surface area contributed by atoms with E-state index in [1.165, 1.54) is 53.6 Å². The van der Waals surface area contributed by atoms with Crippen LogP contribution in [0.1, 0.15) is 0 Å². The molecule has 0 saturated heterocycles. The van der Waals surface area contributed by atoms with Crippen LogP contribution in [-0.4, -0.2) is 14.5 Å². The SMILES string of the molecule is c1ccc(-c2cc(-c3ccccc3)cc(-c3ccc4c(c3)c3nc5ccccc5nc3n4-c3cccc(-c4cccc5c4sc4ccccc45)c3)c2)cc1. The van der Waals surface area contributed by atoms with Crippen LogP contribution in [0.2, 0.25) is 0 Å². The van der Waals surface area contributed by atoms with Gasteiger partial charge in [0.15, 0.2) is 5.65 Å². The van der Waals surface area contributed by atoms with Crippen LogP contribution in [0.3, 0.4) is 0 Å². The number of fused-ring (bicyclic) bond motifs is 7. The summed E-state index contributed by atoms with van der Waals surface area (Å²) in [5.74, 6) is 0. The van der Waals surface area contributed by atoms with Gasteiger partial charge in [-0.3, -0.25) is 4.57 Å². The van der Waals surface area contributed by atoms with Crippen molar-refractivity contribution in [3.05, 3.63) is 188 Å². The summed E-state index contributed by atoms with van der Waals surface area (Å²) in [6.45, 7) is 0. The van der Waals surface area contributed by atoms with Gasteiger partial charge >= 0.3 is 0 Å². The number of nitrogens with zero attached hydrogens (tertiary/aromatic N) is 3. The van der Waals surface area contributed by atoms with Gasteiger partial charge in [0.2, 0.25) is 0 Å². The number of aromatic nitrogens is 3. The summed E-state index contributed by atoms with van der Waals surface area (Å²) < 4.78 is 4.90. The minimum Gasteiger partial charge on any atom is -0.293 e. The highest BCUT2D eigenvalue weighted by Gasteiger charge is 2.19. The van der Waals surface area contributed by atoms with E-state index in [1.807, 2.05) is 29.5 Å². The lowest BCUT2D eigenvalue weighted by atomic mass is 9.93. The molecule has 0 radical (unpaired) electrons. The van der Waals surface area contributed by atoms with Crippen molar-refractivity contribution in [2.45, 2.75) is 0 Å². The molecule has 3 heterocycles. The second kappa shape index (κ2) is 12.4. The van der Waals surface area contributed by atoms with Gasteiger partial charge in [-0.1, -0.05) is 127 Å². The molecule has 8 aromatic carbocycles. The fourth-order valence-electron chi connectivity index (χ4n) is 7.98. The molecule has 252 valence electrons. The molecule has 0 amide bonds. The molecule has 0 saturated carbocycles. The van der Waals surface area contributed by atoms with Gasteiger partial charge in [0.25, 0.3) is 0 Å². The van der Waals surface area contributed by atoms with Crippen LogP contribution in [-0.2, 0) is 0 Å². The van der Waals surface area contributed by atoms with Crippen LogP contribution in [0.5, 0.6) is 0 Å². The number of para-hydroxylation sites is 2. The van der Waals surface area contributed by atoms with E-state index in [-0.39, 0.29) is 0 Å². The monoisotopic (exact) mass is 705 g/mol. The first kappa shape index (κ1) is 30.7. The molecular formula is C50H31N3S. The first-order chi connectivity index (χ1) is 26.7. The fourth-order valence-corrected chi connectivity index (χ4v) is 9.22. The number of thiophene rings is 1. The van der Waals surface area contributed by atoms with E-state index < -0.39 is 0 Å².